The van der Waals surface area contributed by atoms with Gasteiger partial charge in [-0.15, -0.1) is 11.6 Å². The Balaban J connectivity index is 0. The third-order valence-corrected chi connectivity index (χ3v) is 1.00. The molecule has 0 bridgehead atoms. The molecule has 0 aromatic carbocycles. The van der Waals surface area contributed by atoms with Crippen LogP contribution in [0.3, 0.4) is 0 Å². The molecule has 0 aliphatic rings. The highest BCUT2D eigenvalue weighted by Crippen LogP contribution is 1.93. The van der Waals surface area contributed by atoms with E-state index in [0.717, 1.165) is 5.88 Å². The molecule has 42 valence electrons. The molecule has 0 amide bonds. The Morgan fingerprint density at radius 3 is 2.00 bits per heavy atom. The van der Waals surface area contributed by atoms with Crippen molar-refractivity contribution in [3.8, 4) is 0 Å². The summed E-state index contributed by atoms with van der Waals surface area (Å²) in [5, 5.41) is 0. The van der Waals surface area contributed by atoms with Crippen LogP contribution in [0.15, 0.2) is 0 Å². The summed E-state index contributed by atoms with van der Waals surface area (Å²) < 4.78 is 0. The monoisotopic (exact) mass is 132 g/mol. The van der Waals surface area contributed by atoms with Crippen molar-refractivity contribution >= 4 is 34.7 Å². The SMILES string of the molecule is CCCCCCl.[MgH2]. The Bertz CT molecular complexity index is 20.0. The summed E-state index contributed by atoms with van der Waals surface area (Å²) in [5.41, 5.74) is 0. The lowest BCUT2D eigenvalue weighted by Gasteiger charge is -1.84. The van der Waals surface area contributed by atoms with E-state index in [1.165, 1.54) is 19.3 Å². The van der Waals surface area contributed by atoms with Gasteiger partial charge in [-0.25, -0.2) is 0 Å². The Morgan fingerprint density at radius 2 is 1.86 bits per heavy atom. The van der Waals surface area contributed by atoms with E-state index < -0.39 is 0 Å². The average Bonchev–Trinajstić information content (AvgIpc) is 1.61. The van der Waals surface area contributed by atoms with Crippen molar-refractivity contribution in [1.82, 2.24) is 0 Å². The van der Waals surface area contributed by atoms with Gasteiger partial charge in [0.1, 0.15) is 0 Å². The molecule has 0 rings (SSSR count). The van der Waals surface area contributed by atoms with Crippen LogP contribution in [0.1, 0.15) is 26.2 Å². The average molecular weight is 133 g/mol. The first-order chi connectivity index (χ1) is 2.91. The van der Waals surface area contributed by atoms with Crippen LogP contribution in [0.4, 0.5) is 0 Å². The highest BCUT2D eigenvalue weighted by Gasteiger charge is 1.76. The minimum atomic E-state index is 0. The van der Waals surface area contributed by atoms with Crippen molar-refractivity contribution in [2.75, 3.05) is 5.88 Å². The molecule has 2 heteroatoms. The predicted octanol–water partition coefficient (Wildman–Crippen LogP) is 1.50. The predicted molar refractivity (Wildman–Crippen MR) is 38.8 cm³/mol. The van der Waals surface area contributed by atoms with Gasteiger partial charge < -0.3 is 0 Å². The fraction of sp³-hybridized carbons (Fsp3) is 1.00. The van der Waals surface area contributed by atoms with E-state index in [9.17, 15) is 0 Å². The minimum Gasteiger partial charge on any atom is -0.127 e. The number of unbranched alkanes of at least 4 members (excludes halogenated alkanes) is 2. The molecule has 0 aromatic rings. The van der Waals surface area contributed by atoms with Crippen LogP contribution in [0, 0.1) is 0 Å². The topological polar surface area (TPSA) is 0 Å². The molecule has 0 aliphatic heterocycles. The van der Waals surface area contributed by atoms with Crippen LogP contribution in [0.2, 0.25) is 0 Å². The maximum Gasteiger partial charge on any atom is 0.316 e. The highest BCUT2D eigenvalue weighted by atomic mass is 35.5. The second kappa shape index (κ2) is 10.1. The summed E-state index contributed by atoms with van der Waals surface area (Å²) in [7, 11) is 0. The number of rotatable bonds is 3. The van der Waals surface area contributed by atoms with Gasteiger partial charge in [0, 0.05) is 5.88 Å². The zero-order valence-electron chi connectivity index (χ0n) is 4.21. The quantitative estimate of drug-likeness (QED) is 0.311. The largest absolute Gasteiger partial charge is 0.316 e. The maximum atomic E-state index is 5.38. The zero-order chi connectivity index (χ0) is 4.83. The molecule has 0 spiro atoms. The first-order valence-corrected chi connectivity index (χ1v) is 3.01. The molecular weight excluding hydrogens is 120 g/mol. The first-order valence-electron chi connectivity index (χ1n) is 2.47. The molecule has 0 saturated carbocycles. The molecule has 0 atom stereocenters. The van der Waals surface area contributed by atoms with Crippen LogP contribution in [0.25, 0.3) is 0 Å². The summed E-state index contributed by atoms with van der Waals surface area (Å²) in [4.78, 5) is 0. The van der Waals surface area contributed by atoms with Gasteiger partial charge in [-0.2, -0.15) is 0 Å². The molecule has 0 nitrogen and oxygen atoms in total. The van der Waals surface area contributed by atoms with Gasteiger partial charge in [0.05, 0.1) is 0 Å². The minimum absolute atomic E-state index is 0. The van der Waals surface area contributed by atoms with Gasteiger partial charge in [0.15, 0.2) is 0 Å². The Morgan fingerprint density at radius 1 is 1.29 bits per heavy atom. The van der Waals surface area contributed by atoms with E-state index in [4.69, 9.17) is 11.6 Å². The summed E-state index contributed by atoms with van der Waals surface area (Å²) in [6, 6.07) is 0. The van der Waals surface area contributed by atoms with Crippen LogP contribution in [-0.4, -0.2) is 28.9 Å². The Labute approximate surface area is 66.8 Å². The number of alkyl halides is 1. The first kappa shape index (κ1) is 10.9. The van der Waals surface area contributed by atoms with Crippen molar-refractivity contribution in [2.24, 2.45) is 0 Å². The Hall–Kier alpha value is 1.06. The van der Waals surface area contributed by atoms with Crippen molar-refractivity contribution in [1.29, 1.82) is 0 Å². The van der Waals surface area contributed by atoms with Crippen molar-refractivity contribution < 1.29 is 0 Å². The van der Waals surface area contributed by atoms with Gasteiger partial charge in [0.25, 0.3) is 0 Å². The standard InChI is InChI=1S/C5H11Cl.Mg.2H/c1-2-3-4-5-6;;;/h2-5H2,1H3;;;. The van der Waals surface area contributed by atoms with E-state index in [2.05, 4.69) is 6.92 Å². The maximum absolute atomic E-state index is 5.38. The summed E-state index contributed by atoms with van der Waals surface area (Å²) in [5.74, 6) is 0.827. The van der Waals surface area contributed by atoms with E-state index in [1.54, 1.807) is 0 Å². The van der Waals surface area contributed by atoms with E-state index in [0.29, 0.717) is 0 Å². The number of halogens is 1. The molecule has 0 heterocycles. The van der Waals surface area contributed by atoms with Gasteiger partial charge in [-0.3, -0.25) is 0 Å². The van der Waals surface area contributed by atoms with Crippen molar-refractivity contribution in [2.45, 2.75) is 26.2 Å². The molecule has 0 aliphatic carbocycles. The van der Waals surface area contributed by atoms with E-state index >= 15 is 0 Å². The molecule has 0 fully saturated rings. The number of hydrogen-bond acceptors (Lipinski definition) is 0. The van der Waals surface area contributed by atoms with Crippen molar-refractivity contribution in [3.05, 3.63) is 0 Å². The summed E-state index contributed by atoms with van der Waals surface area (Å²) in [6.45, 7) is 2.17. The zero-order valence-corrected chi connectivity index (χ0v) is 4.96. The van der Waals surface area contributed by atoms with Crippen LogP contribution in [0.5, 0.6) is 0 Å². The smallest absolute Gasteiger partial charge is 0.127 e. The summed E-state index contributed by atoms with van der Waals surface area (Å²) >= 11 is 5.38. The fourth-order valence-electron chi connectivity index (χ4n) is 0.344. The second-order valence-electron chi connectivity index (χ2n) is 1.40. The molecular formula is C5H13ClMg. The number of hydrogen-bond donors (Lipinski definition) is 0. The molecule has 0 aromatic heterocycles. The van der Waals surface area contributed by atoms with Crippen LogP contribution in [-0.2, 0) is 0 Å². The molecule has 0 saturated heterocycles. The summed E-state index contributed by atoms with van der Waals surface area (Å²) in [6.07, 6.45) is 3.73. The van der Waals surface area contributed by atoms with Gasteiger partial charge in [-0.05, 0) is 6.42 Å². The van der Waals surface area contributed by atoms with Crippen molar-refractivity contribution in [3.63, 3.8) is 0 Å². The molecule has 0 unspecified atom stereocenters. The molecule has 0 N–H and O–H groups in total. The van der Waals surface area contributed by atoms with Crippen LogP contribution < -0.4 is 0 Å². The molecule has 7 heavy (non-hydrogen) atoms. The van der Waals surface area contributed by atoms with Gasteiger partial charge >= 0.3 is 23.1 Å². The third-order valence-electron chi connectivity index (χ3n) is 0.737. The fourth-order valence-corrected chi connectivity index (χ4v) is 0.533. The van der Waals surface area contributed by atoms with Crippen LogP contribution >= 0.6 is 11.6 Å². The highest BCUT2D eigenvalue weighted by molar-refractivity contribution is 6.17. The second-order valence-corrected chi connectivity index (χ2v) is 1.77. The van der Waals surface area contributed by atoms with E-state index in [1.807, 2.05) is 0 Å². The van der Waals surface area contributed by atoms with Gasteiger partial charge in [0.2, 0.25) is 0 Å². The van der Waals surface area contributed by atoms with E-state index in [-0.39, 0.29) is 23.1 Å². The lowest BCUT2D eigenvalue weighted by molar-refractivity contribution is 0.776. The lowest BCUT2D eigenvalue weighted by Crippen LogP contribution is -1.70. The lowest BCUT2D eigenvalue weighted by atomic mass is 10.3. The Kier molecular flexibility index (Phi) is 15.8. The van der Waals surface area contributed by atoms with Gasteiger partial charge in [-0.1, -0.05) is 19.8 Å². The molecule has 0 radical (unpaired) electrons. The third kappa shape index (κ3) is 11.0. The normalized spacial score (nSPS) is 7.71.